The maximum Gasteiger partial charge on any atom is 0.266 e. The summed E-state index contributed by atoms with van der Waals surface area (Å²) in [7, 11) is 0. The van der Waals surface area contributed by atoms with Crippen molar-refractivity contribution >= 4 is 17.9 Å². The van der Waals surface area contributed by atoms with Gasteiger partial charge in [0.2, 0.25) is 0 Å². The highest BCUT2D eigenvalue weighted by Gasteiger charge is 2.13. The number of hydrogen-bond donors (Lipinski definition) is 3. The molecule has 1 aromatic heterocycles. The van der Waals surface area contributed by atoms with Gasteiger partial charge in [-0.1, -0.05) is 32.9 Å². The number of aromatic amines is 1. The van der Waals surface area contributed by atoms with Gasteiger partial charge in [-0.3, -0.25) is 0 Å². The molecule has 0 bridgehead atoms. The Kier molecular flexibility index (Phi) is 4.85. The van der Waals surface area contributed by atoms with Crippen molar-refractivity contribution in [3.63, 3.8) is 0 Å². The van der Waals surface area contributed by atoms with Crippen LogP contribution in [0, 0.1) is 4.84 Å². The van der Waals surface area contributed by atoms with Crippen molar-refractivity contribution < 1.29 is 9.52 Å². The highest BCUT2D eigenvalue weighted by Crippen LogP contribution is 2.23. The zero-order valence-electron chi connectivity index (χ0n) is 12.6. The number of H-pyrrole nitrogens is 1. The predicted octanol–water partition coefficient (Wildman–Crippen LogP) is 3.65. The van der Waals surface area contributed by atoms with Gasteiger partial charge in [-0.2, -0.15) is 0 Å². The van der Waals surface area contributed by atoms with E-state index in [0.29, 0.717) is 23.6 Å². The van der Waals surface area contributed by atoms with Crippen LogP contribution in [0.25, 0.3) is 0 Å². The smallest absolute Gasteiger partial charge is 0.266 e. The summed E-state index contributed by atoms with van der Waals surface area (Å²) >= 11 is 4.85. The number of nitrogens with one attached hydrogen (secondary N) is 2. The standard InChI is InChI=1S/C16H22N2O2S/c1-16(2,3)11-4-6-12(7-5-11)17-9-13(19)8-14-10-18-15(21)20-14/h4-7,10,13,17,19H,8-9H2,1-3H3,(H,18,21). The van der Waals surface area contributed by atoms with Crippen molar-refractivity contribution in [3.05, 3.63) is 46.6 Å². The average molecular weight is 306 g/mol. The summed E-state index contributed by atoms with van der Waals surface area (Å²) in [5.74, 6) is 0.664. The maximum atomic E-state index is 9.99. The van der Waals surface area contributed by atoms with E-state index in [-0.39, 0.29) is 5.41 Å². The third kappa shape index (κ3) is 4.72. The Hall–Kier alpha value is -1.59. The van der Waals surface area contributed by atoms with E-state index < -0.39 is 6.10 Å². The summed E-state index contributed by atoms with van der Waals surface area (Å²) in [5.41, 5.74) is 2.44. The van der Waals surface area contributed by atoms with Crippen molar-refractivity contribution in [1.29, 1.82) is 0 Å². The molecule has 3 N–H and O–H groups in total. The molecule has 2 rings (SSSR count). The van der Waals surface area contributed by atoms with E-state index in [4.69, 9.17) is 16.6 Å². The zero-order chi connectivity index (χ0) is 15.5. The number of hydrogen-bond acceptors (Lipinski definition) is 4. The number of aromatic nitrogens is 1. The summed E-state index contributed by atoms with van der Waals surface area (Å²) < 4.78 is 5.23. The van der Waals surface area contributed by atoms with Crippen LogP contribution in [-0.4, -0.2) is 22.7 Å². The van der Waals surface area contributed by atoms with Crippen LogP contribution in [0.5, 0.6) is 0 Å². The second-order valence-corrected chi connectivity index (χ2v) is 6.58. The zero-order valence-corrected chi connectivity index (χ0v) is 13.5. The van der Waals surface area contributed by atoms with Crippen LogP contribution in [0.3, 0.4) is 0 Å². The van der Waals surface area contributed by atoms with Crippen molar-refractivity contribution in [2.75, 3.05) is 11.9 Å². The summed E-state index contributed by atoms with van der Waals surface area (Å²) in [6.45, 7) is 7.02. The molecule has 1 atom stereocenters. The largest absolute Gasteiger partial charge is 0.435 e. The molecule has 0 saturated carbocycles. The molecule has 0 saturated heterocycles. The van der Waals surface area contributed by atoms with Crippen LogP contribution >= 0.6 is 12.2 Å². The Labute approximate surface area is 130 Å². The minimum Gasteiger partial charge on any atom is -0.435 e. The molecule has 2 aromatic rings. The normalized spacial score (nSPS) is 13.1. The van der Waals surface area contributed by atoms with Gasteiger partial charge < -0.3 is 19.8 Å². The first-order chi connectivity index (χ1) is 9.84. The quantitative estimate of drug-likeness (QED) is 0.738. The Balaban J connectivity index is 1.86. The van der Waals surface area contributed by atoms with E-state index in [2.05, 4.69) is 43.2 Å². The summed E-state index contributed by atoms with van der Waals surface area (Å²) in [6, 6.07) is 8.30. The van der Waals surface area contributed by atoms with Gasteiger partial charge in [0.1, 0.15) is 5.76 Å². The third-order valence-corrected chi connectivity index (χ3v) is 3.51. The molecule has 0 radical (unpaired) electrons. The fourth-order valence-corrected chi connectivity index (χ4v) is 2.21. The van der Waals surface area contributed by atoms with Gasteiger partial charge in [-0.25, -0.2) is 0 Å². The molecule has 0 aliphatic rings. The molecule has 1 unspecified atom stereocenters. The van der Waals surface area contributed by atoms with Gasteiger partial charge in [0.25, 0.3) is 4.84 Å². The van der Waals surface area contributed by atoms with Crippen molar-refractivity contribution in [3.8, 4) is 0 Å². The lowest BCUT2D eigenvalue weighted by atomic mass is 9.87. The topological polar surface area (TPSA) is 61.2 Å². The monoisotopic (exact) mass is 306 g/mol. The molecule has 114 valence electrons. The molecule has 21 heavy (non-hydrogen) atoms. The fraction of sp³-hybridized carbons (Fsp3) is 0.438. The molecule has 0 aliphatic heterocycles. The third-order valence-electron chi connectivity index (χ3n) is 3.30. The molecular weight excluding hydrogens is 284 g/mol. The van der Waals surface area contributed by atoms with Crippen molar-refractivity contribution in [1.82, 2.24) is 4.98 Å². The number of oxazole rings is 1. The number of aliphatic hydroxyl groups is 1. The van der Waals surface area contributed by atoms with Crippen LogP contribution in [0.4, 0.5) is 5.69 Å². The maximum absolute atomic E-state index is 9.99. The van der Waals surface area contributed by atoms with Crippen LogP contribution in [0.2, 0.25) is 0 Å². The molecule has 1 aromatic carbocycles. The number of rotatable bonds is 5. The highest BCUT2D eigenvalue weighted by atomic mass is 32.1. The van der Waals surface area contributed by atoms with E-state index in [0.717, 1.165) is 5.69 Å². The molecule has 5 heteroatoms. The molecular formula is C16H22N2O2S. The Morgan fingerprint density at radius 1 is 1.29 bits per heavy atom. The molecule has 0 fully saturated rings. The lowest BCUT2D eigenvalue weighted by Gasteiger charge is -2.19. The van der Waals surface area contributed by atoms with Crippen molar-refractivity contribution in [2.45, 2.75) is 38.7 Å². The lowest BCUT2D eigenvalue weighted by molar-refractivity contribution is 0.180. The molecule has 4 nitrogen and oxygen atoms in total. The molecule has 1 heterocycles. The Morgan fingerprint density at radius 2 is 1.95 bits per heavy atom. The van der Waals surface area contributed by atoms with E-state index >= 15 is 0 Å². The van der Waals surface area contributed by atoms with Crippen LogP contribution in [0.1, 0.15) is 32.1 Å². The molecule has 0 spiro atoms. The van der Waals surface area contributed by atoms with Gasteiger partial charge in [0.15, 0.2) is 0 Å². The first kappa shape index (κ1) is 15.8. The predicted molar refractivity (Wildman–Crippen MR) is 87.2 cm³/mol. The van der Waals surface area contributed by atoms with E-state index in [1.165, 1.54) is 5.56 Å². The number of benzene rings is 1. The average Bonchev–Trinajstić information content (AvgIpc) is 2.81. The van der Waals surface area contributed by atoms with Crippen LogP contribution in [-0.2, 0) is 11.8 Å². The van der Waals surface area contributed by atoms with E-state index in [1.807, 2.05) is 12.1 Å². The number of anilines is 1. The van der Waals surface area contributed by atoms with Crippen molar-refractivity contribution in [2.24, 2.45) is 0 Å². The Morgan fingerprint density at radius 3 is 2.48 bits per heavy atom. The van der Waals surface area contributed by atoms with Crippen LogP contribution < -0.4 is 5.32 Å². The number of aliphatic hydroxyl groups excluding tert-OH is 1. The summed E-state index contributed by atoms with van der Waals surface area (Å²) in [6.07, 6.45) is 1.59. The van der Waals surface area contributed by atoms with Gasteiger partial charge in [-0.05, 0) is 35.3 Å². The van der Waals surface area contributed by atoms with Gasteiger partial charge >= 0.3 is 0 Å². The Bertz CT molecular complexity index is 623. The molecule has 0 amide bonds. The van der Waals surface area contributed by atoms with E-state index in [9.17, 15) is 5.11 Å². The van der Waals surface area contributed by atoms with E-state index in [1.54, 1.807) is 6.20 Å². The van der Waals surface area contributed by atoms with Gasteiger partial charge in [0, 0.05) is 24.8 Å². The SMILES string of the molecule is CC(C)(C)c1ccc(NCC(O)Cc2c[nH]c(=S)o2)cc1. The molecule has 0 aliphatic carbocycles. The second kappa shape index (κ2) is 6.45. The minimum atomic E-state index is -0.527. The van der Waals surface area contributed by atoms with Crippen LogP contribution in [0.15, 0.2) is 34.9 Å². The lowest BCUT2D eigenvalue weighted by Crippen LogP contribution is -2.21. The highest BCUT2D eigenvalue weighted by molar-refractivity contribution is 7.71. The van der Waals surface area contributed by atoms with Gasteiger partial charge in [-0.15, -0.1) is 0 Å². The second-order valence-electron chi connectivity index (χ2n) is 6.21. The fourth-order valence-electron chi connectivity index (χ4n) is 2.05. The minimum absolute atomic E-state index is 0.149. The first-order valence-electron chi connectivity index (χ1n) is 7.04. The summed E-state index contributed by atoms with van der Waals surface area (Å²) in [5, 5.41) is 13.2. The summed E-state index contributed by atoms with van der Waals surface area (Å²) in [4.78, 5) is 3.12. The van der Waals surface area contributed by atoms with Gasteiger partial charge in [0.05, 0.1) is 6.10 Å². The first-order valence-corrected chi connectivity index (χ1v) is 7.45.